The van der Waals surface area contributed by atoms with Gasteiger partial charge < -0.3 is 4.90 Å². The highest BCUT2D eigenvalue weighted by molar-refractivity contribution is 8.00. The van der Waals surface area contributed by atoms with E-state index in [0.717, 1.165) is 16.9 Å². The van der Waals surface area contributed by atoms with E-state index < -0.39 is 10.0 Å². The van der Waals surface area contributed by atoms with Gasteiger partial charge in [0.25, 0.3) is 5.91 Å². The maximum atomic E-state index is 13.3. The van der Waals surface area contributed by atoms with Gasteiger partial charge in [-0.1, -0.05) is 50.6 Å². The lowest BCUT2D eigenvalue weighted by Crippen LogP contribution is -2.53. The van der Waals surface area contributed by atoms with Gasteiger partial charge in [-0.15, -0.1) is 11.8 Å². The summed E-state index contributed by atoms with van der Waals surface area (Å²) in [7, 11) is -3.54. The SMILES string of the molecule is Cc1ccc(C(=O)N2CCSC23CCN(S(=O)(=O)c2ccc(C(C)(C)C)cc2)CC3)cc1. The summed E-state index contributed by atoms with van der Waals surface area (Å²) in [6, 6.07) is 15.0. The number of sulfonamides is 1. The van der Waals surface area contributed by atoms with E-state index in [-0.39, 0.29) is 16.2 Å². The number of nitrogens with zero attached hydrogens (tertiary/aromatic N) is 2. The maximum Gasteiger partial charge on any atom is 0.254 e. The van der Waals surface area contributed by atoms with Gasteiger partial charge in [-0.2, -0.15) is 4.31 Å². The number of rotatable bonds is 3. The molecule has 2 saturated heterocycles. The molecule has 0 aliphatic carbocycles. The van der Waals surface area contributed by atoms with E-state index in [1.807, 2.05) is 48.2 Å². The number of thioether (sulfide) groups is 1. The molecular weight excluding hydrogens is 440 g/mol. The van der Waals surface area contributed by atoms with Crippen LogP contribution in [0.2, 0.25) is 0 Å². The number of amides is 1. The average molecular weight is 473 g/mol. The quantitative estimate of drug-likeness (QED) is 0.652. The summed E-state index contributed by atoms with van der Waals surface area (Å²) in [6.45, 7) is 9.91. The fourth-order valence-electron chi connectivity index (χ4n) is 4.51. The molecule has 1 amide bonds. The van der Waals surface area contributed by atoms with Crippen LogP contribution in [0, 0.1) is 6.92 Å². The lowest BCUT2D eigenvalue weighted by atomic mass is 9.87. The predicted molar refractivity (Wildman–Crippen MR) is 131 cm³/mol. The molecule has 0 unspecified atom stereocenters. The standard InChI is InChI=1S/C25H32N2O3S2/c1-19-5-7-20(8-6-19)23(28)27-17-18-31-25(27)13-15-26(16-14-25)32(29,30)22-11-9-21(10-12-22)24(2,3)4/h5-12H,13-18H2,1-4H3. The lowest BCUT2D eigenvalue weighted by molar-refractivity contribution is 0.0605. The fourth-order valence-corrected chi connectivity index (χ4v) is 7.41. The average Bonchev–Trinajstić information content (AvgIpc) is 3.16. The van der Waals surface area contributed by atoms with Crippen LogP contribution in [-0.4, -0.2) is 53.8 Å². The van der Waals surface area contributed by atoms with Crippen molar-refractivity contribution in [3.63, 3.8) is 0 Å². The molecule has 2 aliphatic heterocycles. The number of hydrogen-bond donors (Lipinski definition) is 0. The Kier molecular flexibility index (Phi) is 6.20. The maximum absolute atomic E-state index is 13.3. The zero-order chi connectivity index (χ0) is 23.1. The van der Waals surface area contributed by atoms with Gasteiger partial charge in [-0.3, -0.25) is 4.79 Å². The molecule has 2 aromatic rings. The minimum absolute atomic E-state index is 0.0209. The monoisotopic (exact) mass is 472 g/mol. The van der Waals surface area contributed by atoms with E-state index in [1.54, 1.807) is 28.2 Å². The van der Waals surface area contributed by atoms with Gasteiger partial charge in [0.1, 0.15) is 0 Å². The molecule has 2 aliphatic rings. The highest BCUT2D eigenvalue weighted by Crippen LogP contribution is 2.45. The highest BCUT2D eigenvalue weighted by Gasteiger charge is 2.48. The van der Waals surface area contributed by atoms with Crippen LogP contribution in [0.5, 0.6) is 0 Å². The van der Waals surface area contributed by atoms with Crippen LogP contribution < -0.4 is 0 Å². The summed E-state index contributed by atoms with van der Waals surface area (Å²) in [4.78, 5) is 15.2. The molecule has 0 radical (unpaired) electrons. The highest BCUT2D eigenvalue weighted by atomic mass is 32.2. The van der Waals surface area contributed by atoms with E-state index >= 15 is 0 Å². The first-order valence-corrected chi connectivity index (χ1v) is 13.6. The van der Waals surface area contributed by atoms with Crippen molar-refractivity contribution in [1.29, 1.82) is 0 Å². The Hall–Kier alpha value is -1.83. The lowest BCUT2D eigenvalue weighted by Gasteiger charge is -2.43. The number of piperidine rings is 1. The largest absolute Gasteiger partial charge is 0.323 e. The Morgan fingerprint density at radius 3 is 2.09 bits per heavy atom. The predicted octanol–water partition coefficient (Wildman–Crippen LogP) is 4.66. The first-order chi connectivity index (χ1) is 15.0. The molecule has 172 valence electrons. The van der Waals surface area contributed by atoms with Gasteiger partial charge in [0.2, 0.25) is 10.0 Å². The van der Waals surface area contributed by atoms with Crippen molar-refractivity contribution >= 4 is 27.7 Å². The zero-order valence-electron chi connectivity index (χ0n) is 19.3. The van der Waals surface area contributed by atoms with Gasteiger partial charge in [-0.05, 0) is 55.0 Å². The minimum atomic E-state index is -3.54. The van der Waals surface area contributed by atoms with Crippen LogP contribution in [0.25, 0.3) is 0 Å². The van der Waals surface area contributed by atoms with Crippen molar-refractivity contribution in [2.24, 2.45) is 0 Å². The van der Waals surface area contributed by atoms with Gasteiger partial charge in [0.05, 0.1) is 9.77 Å². The van der Waals surface area contributed by atoms with Crippen molar-refractivity contribution in [3.8, 4) is 0 Å². The second kappa shape index (κ2) is 8.50. The molecule has 0 aromatic heterocycles. The van der Waals surface area contributed by atoms with Gasteiger partial charge in [0.15, 0.2) is 0 Å². The van der Waals surface area contributed by atoms with Crippen LogP contribution in [0.1, 0.15) is 55.1 Å². The van der Waals surface area contributed by atoms with Crippen molar-refractivity contribution in [2.75, 3.05) is 25.4 Å². The van der Waals surface area contributed by atoms with Gasteiger partial charge in [-0.25, -0.2) is 8.42 Å². The number of benzene rings is 2. The van der Waals surface area contributed by atoms with Crippen molar-refractivity contribution in [1.82, 2.24) is 9.21 Å². The Balaban J connectivity index is 1.49. The molecule has 5 nitrogen and oxygen atoms in total. The smallest absolute Gasteiger partial charge is 0.254 e. The van der Waals surface area contributed by atoms with Crippen molar-refractivity contribution in [3.05, 3.63) is 65.2 Å². The van der Waals surface area contributed by atoms with E-state index in [0.29, 0.717) is 42.9 Å². The summed E-state index contributed by atoms with van der Waals surface area (Å²) in [5.74, 6) is 0.933. The van der Waals surface area contributed by atoms with Gasteiger partial charge >= 0.3 is 0 Å². The molecule has 1 spiro atoms. The van der Waals surface area contributed by atoms with Gasteiger partial charge in [0, 0.05) is 31.0 Å². The summed E-state index contributed by atoms with van der Waals surface area (Å²) >= 11 is 1.80. The van der Waals surface area contributed by atoms with Crippen molar-refractivity contribution < 1.29 is 13.2 Å². The Morgan fingerprint density at radius 1 is 0.938 bits per heavy atom. The molecule has 2 aromatic carbocycles. The number of hydrogen-bond acceptors (Lipinski definition) is 4. The third-order valence-corrected chi connectivity index (χ3v) is 10.0. The molecule has 32 heavy (non-hydrogen) atoms. The van der Waals surface area contributed by atoms with Crippen LogP contribution >= 0.6 is 11.8 Å². The molecule has 0 saturated carbocycles. The number of carbonyl (C=O) groups is 1. The first kappa shape index (κ1) is 23.3. The second-order valence-electron chi connectivity index (χ2n) is 9.80. The molecule has 0 N–H and O–H groups in total. The van der Waals surface area contributed by atoms with Crippen LogP contribution in [0.15, 0.2) is 53.4 Å². The molecule has 4 rings (SSSR count). The fraction of sp³-hybridized carbons (Fsp3) is 0.480. The topological polar surface area (TPSA) is 57.7 Å². The Morgan fingerprint density at radius 2 is 1.53 bits per heavy atom. The van der Waals surface area contributed by atoms with Crippen LogP contribution in [0.4, 0.5) is 0 Å². The normalized spacial score (nSPS) is 19.4. The second-order valence-corrected chi connectivity index (χ2v) is 13.2. The van der Waals surface area contributed by atoms with Crippen molar-refractivity contribution in [2.45, 2.75) is 55.7 Å². The molecule has 7 heteroatoms. The number of carbonyl (C=O) groups excluding carboxylic acids is 1. The zero-order valence-corrected chi connectivity index (χ0v) is 20.9. The molecule has 2 heterocycles. The Bertz CT molecular complexity index is 1080. The van der Waals surface area contributed by atoms with E-state index in [9.17, 15) is 13.2 Å². The summed E-state index contributed by atoms with van der Waals surface area (Å²) in [6.07, 6.45) is 1.29. The first-order valence-electron chi connectivity index (χ1n) is 11.2. The van der Waals surface area contributed by atoms with E-state index in [2.05, 4.69) is 20.8 Å². The van der Waals surface area contributed by atoms with E-state index in [4.69, 9.17) is 0 Å². The molecule has 2 fully saturated rings. The third-order valence-electron chi connectivity index (χ3n) is 6.58. The Labute approximate surface area is 196 Å². The third kappa shape index (κ3) is 4.35. The summed E-state index contributed by atoms with van der Waals surface area (Å²) in [5.41, 5.74) is 2.92. The molecular formula is C25H32N2O3S2. The number of aryl methyl sites for hydroxylation is 1. The minimum Gasteiger partial charge on any atom is -0.323 e. The molecule has 0 atom stereocenters. The summed E-state index contributed by atoms with van der Waals surface area (Å²) < 4.78 is 28.1. The van der Waals surface area contributed by atoms with Crippen LogP contribution in [0.3, 0.4) is 0 Å². The van der Waals surface area contributed by atoms with Crippen LogP contribution in [-0.2, 0) is 15.4 Å². The molecule has 0 bridgehead atoms. The van der Waals surface area contributed by atoms with E-state index in [1.165, 1.54) is 0 Å². The summed E-state index contributed by atoms with van der Waals surface area (Å²) in [5, 5.41) is 0.